The third-order valence-electron chi connectivity index (χ3n) is 6.53. The number of benzene rings is 1. The van der Waals surface area contributed by atoms with E-state index in [0.29, 0.717) is 24.9 Å². The number of carbonyl (C=O) groups is 4. The Labute approximate surface area is 230 Å². The maximum Gasteiger partial charge on any atom is 0.332 e. The van der Waals surface area contributed by atoms with Crippen LogP contribution in [0.1, 0.15) is 65.0 Å². The van der Waals surface area contributed by atoms with Gasteiger partial charge in [0.25, 0.3) is 0 Å². The molecule has 11 nitrogen and oxygen atoms in total. The Bertz CT molecular complexity index is 1020. The lowest BCUT2D eigenvalue weighted by atomic mass is 9.94. The molecule has 11 heteroatoms. The summed E-state index contributed by atoms with van der Waals surface area (Å²) < 4.78 is 11.2. The third-order valence-corrected chi connectivity index (χ3v) is 6.53. The van der Waals surface area contributed by atoms with E-state index in [-0.39, 0.29) is 37.4 Å². The first-order chi connectivity index (χ1) is 18.2. The second-order valence-corrected chi connectivity index (χ2v) is 11.3. The number of carbonyl (C=O) groups excluding carboxylic acids is 3. The molecule has 1 saturated heterocycles. The van der Waals surface area contributed by atoms with Crippen LogP contribution in [0.15, 0.2) is 18.2 Å². The minimum Gasteiger partial charge on any atom is -0.479 e. The predicted octanol–water partition coefficient (Wildman–Crippen LogP) is 2.00. The van der Waals surface area contributed by atoms with E-state index in [2.05, 4.69) is 16.0 Å². The van der Waals surface area contributed by atoms with Crippen molar-refractivity contribution in [2.45, 2.75) is 91.3 Å². The zero-order chi connectivity index (χ0) is 29.3. The summed E-state index contributed by atoms with van der Waals surface area (Å²) in [7, 11) is 1.69. The fraction of sp³-hybridized carbons (Fsp3) is 0.643. The van der Waals surface area contributed by atoms with Crippen LogP contribution < -0.4 is 16.0 Å². The molecule has 1 heterocycles. The number of anilines is 1. The highest BCUT2D eigenvalue weighted by molar-refractivity contribution is 5.95. The van der Waals surface area contributed by atoms with Crippen molar-refractivity contribution in [1.29, 1.82) is 0 Å². The van der Waals surface area contributed by atoms with Crippen molar-refractivity contribution >= 4 is 29.4 Å². The topological polar surface area (TPSA) is 163 Å². The highest BCUT2D eigenvalue weighted by Gasteiger charge is 2.32. The van der Waals surface area contributed by atoms with Crippen LogP contribution in [0.3, 0.4) is 0 Å². The number of rotatable bonds is 12. The Morgan fingerprint density at radius 3 is 2.41 bits per heavy atom. The number of aryl methyl sites for hydroxylation is 1. The Balaban J connectivity index is 2.12. The average Bonchev–Trinajstić information content (AvgIpc) is 2.84. The number of carboxylic acid groups (broad SMARTS) is 1. The van der Waals surface area contributed by atoms with Gasteiger partial charge in [0.2, 0.25) is 11.8 Å². The maximum atomic E-state index is 12.5. The van der Waals surface area contributed by atoms with Crippen molar-refractivity contribution < 1.29 is 38.9 Å². The molecule has 4 unspecified atom stereocenters. The number of amides is 2. The molecular weight excluding hydrogens is 506 g/mol. The number of aliphatic hydroxyl groups excluding tert-OH is 1. The van der Waals surface area contributed by atoms with Crippen molar-refractivity contribution in [3.63, 3.8) is 0 Å². The molecule has 0 radical (unpaired) electrons. The van der Waals surface area contributed by atoms with Gasteiger partial charge in [-0.1, -0.05) is 19.9 Å². The lowest BCUT2D eigenvalue weighted by Crippen LogP contribution is -2.47. The number of nitrogens with one attached hydrogen (secondary N) is 3. The molecule has 0 spiro atoms. The molecule has 2 rings (SSSR count). The van der Waals surface area contributed by atoms with Gasteiger partial charge < -0.3 is 35.6 Å². The van der Waals surface area contributed by atoms with Crippen LogP contribution in [-0.2, 0) is 41.7 Å². The molecule has 0 bridgehead atoms. The van der Waals surface area contributed by atoms with E-state index in [1.54, 1.807) is 46.0 Å². The van der Waals surface area contributed by atoms with Crippen LogP contribution in [0.5, 0.6) is 0 Å². The van der Waals surface area contributed by atoms with Crippen molar-refractivity contribution in [1.82, 2.24) is 10.6 Å². The molecule has 1 fully saturated rings. The first-order valence-corrected chi connectivity index (χ1v) is 13.3. The summed E-state index contributed by atoms with van der Waals surface area (Å²) in [5.74, 6) is -2.08. The van der Waals surface area contributed by atoms with Crippen LogP contribution in [0, 0.1) is 11.3 Å². The number of hydrogen-bond donors (Lipinski definition) is 5. The quantitative estimate of drug-likeness (QED) is 0.245. The smallest absolute Gasteiger partial charge is 0.332 e. The van der Waals surface area contributed by atoms with Gasteiger partial charge in [0.15, 0.2) is 6.10 Å². The van der Waals surface area contributed by atoms with Gasteiger partial charge in [-0.3, -0.25) is 14.4 Å². The standard InChI is InChI=1S/C28H43N3O8/c1-16(2)24(29-6)25(34)30-14-23(33)31-19-9-7-18(15-38-27(37)28(3,4)5)17(11-19)8-10-21-12-20(32)13-22(39-21)26(35)36/h7,9,11,16,20-22,24,29,32H,8,10,12-15H2,1-6H3,(H,30,34)(H,31,33)(H,35,36). The number of esters is 1. The summed E-state index contributed by atoms with van der Waals surface area (Å²) in [5.41, 5.74) is 1.35. The minimum atomic E-state index is -1.11. The maximum absolute atomic E-state index is 12.5. The summed E-state index contributed by atoms with van der Waals surface area (Å²) >= 11 is 0. The molecule has 218 valence electrons. The zero-order valence-electron chi connectivity index (χ0n) is 23.7. The second-order valence-electron chi connectivity index (χ2n) is 11.3. The summed E-state index contributed by atoms with van der Waals surface area (Å²) in [6.45, 7) is 8.93. The number of aliphatic carboxylic acids is 1. The molecule has 0 aromatic heterocycles. The van der Waals surface area contributed by atoms with Crippen molar-refractivity contribution in [3.05, 3.63) is 29.3 Å². The Hall–Kier alpha value is -3.02. The van der Waals surface area contributed by atoms with Crippen LogP contribution in [0.2, 0.25) is 0 Å². The molecule has 0 saturated carbocycles. The van der Waals surface area contributed by atoms with Crippen molar-refractivity contribution in [2.24, 2.45) is 11.3 Å². The van der Waals surface area contributed by atoms with Crippen LogP contribution in [0.25, 0.3) is 0 Å². The second kappa shape index (κ2) is 14.4. The molecule has 1 aromatic carbocycles. The lowest BCUT2D eigenvalue weighted by molar-refractivity contribution is -0.166. The third kappa shape index (κ3) is 10.2. The van der Waals surface area contributed by atoms with Gasteiger partial charge in [-0.25, -0.2) is 4.79 Å². The number of aliphatic hydroxyl groups is 1. The minimum absolute atomic E-state index is 0.0300. The van der Waals surface area contributed by atoms with E-state index in [0.717, 1.165) is 11.1 Å². The largest absolute Gasteiger partial charge is 0.479 e. The van der Waals surface area contributed by atoms with Gasteiger partial charge in [-0.15, -0.1) is 0 Å². The number of ether oxygens (including phenoxy) is 2. The Morgan fingerprint density at radius 2 is 1.82 bits per heavy atom. The summed E-state index contributed by atoms with van der Waals surface area (Å²) in [4.78, 5) is 48.6. The molecule has 5 N–H and O–H groups in total. The summed E-state index contributed by atoms with van der Waals surface area (Å²) in [6, 6.07) is 4.79. The Kier molecular flexibility index (Phi) is 11.9. The molecule has 0 aliphatic carbocycles. The molecule has 1 aromatic rings. The molecule has 1 aliphatic heterocycles. The van der Waals surface area contributed by atoms with Crippen LogP contribution in [0.4, 0.5) is 5.69 Å². The van der Waals surface area contributed by atoms with Gasteiger partial charge >= 0.3 is 11.9 Å². The summed E-state index contributed by atoms with van der Waals surface area (Å²) in [5, 5.41) is 27.8. The Morgan fingerprint density at radius 1 is 1.13 bits per heavy atom. The zero-order valence-corrected chi connectivity index (χ0v) is 23.7. The number of likely N-dealkylation sites (N-methyl/N-ethyl adjacent to an activating group) is 1. The number of hydrogen-bond acceptors (Lipinski definition) is 8. The van der Waals surface area contributed by atoms with Gasteiger partial charge in [0, 0.05) is 12.1 Å². The van der Waals surface area contributed by atoms with E-state index < -0.39 is 41.6 Å². The lowest BCUT2D eigenvalue weighted by Gasteiger charge is -2.31. The van der Waals surface area contributed by atoms with Crippen molar-refractivity contribution in [2.75, 3.05) is 18.9 Å². The van der Waals surface area contributed by atoms with Crippen molar-refractivity contribution in [3.8, 4) is 0 Å². The van der Waals surface area contributed by atoms with E-state index in [1.807, 2.05) is 13.8 Å². The van der Waals surface area contributed by atoms with E-state index in [9.17, 15) is 29.4 Å². The van der Waals surface area contributed by atoms with E-state index >= 15 is 0 Å². The number of carboxylic acids is 1. The molecule has 4 atom stereocenters. The average molecular weight is 550 g/mol. The fourth-order valence-corrected chi connectivity index (χ4v) is 4.34. The molecule has 39 heavy (non-hydrogen) atoms. The van der Waals surface area contributed by atoms with Crippen LogP contribution in [-0.4, -0.2) is 71.9 Å². The highest BCUT2D eigenvalue weighted by Crippen LogP contribution is 2.26. The highest BCUT2D eigenvalue weighted by atomic mass is 16.5. The first-order valence-electron chi connectivity index (χ1n) is 13.3. The monoisotopic (exact) mass is 549 g/mol. The molecule has 2 amide bonds. The fourth-order valence-electron chi connectivity index (χ4n) is 4.34. The first kappa shape index (κ1) is 32.2. The van der Waals surface area contributed by atoms with Gasteiger partial charge in [-0.05, 0) is 76.3 Å². The molecule has 1 aliphatic rings. The van der Waals surface area contributed by atoms with Gasteiger partial charge in [0.1, 0.15) is 6.61 Å². The molecular formula is C28H43N3O8. The summed E-state index contributed by atoms with van der Waals surface area (Å²) in [6.07, 6.45) is -1.07. The van der Waals surface area contributed by atoms with Crippen LogP contribution >= 0.6 is 0 Å². The predicted molar refractivity (Wildman–Crippen MR) is 145 cm³/mol. The van der Waals surface area contributed by atoms with Gasteiger partial charge in [-0.2, -0.15) is 0 Å². The normalized spacial score (nSPS) is 20.3. The van der Waals surface area contributed by atoms with E-state index in [4.69, 9.17) is 9.47 Å². The SMILES string of the molecule is CNC(C(=O)NCC(=O)Nc1ccc(COC(=O)C(C)(C)C)c(CCC2CC(O)CC(C(=O)O)O2)c1)C(C)C. The van der Waals surface area contributed by atoms with E-state index in [1.165, 1.54) is 0 Å². The van der Waals surface area contributed by atoms with Gasteiger partial charge in [0.05, 0.1) is 30.2 Å².